The molecule has 0 saturated heterocycles. The van der Waals surface area contributed by atoms with Gasteiger partial charge in [-0.3, -0.25) is 19.2 Å². The smallest absolute Gasteiger partial charge is 0.345 e. The predicted molar refractivity (Wildman–Crippen MR) is 133 cm³/mol. The number of oxime groups is 1. The van der Waals surface area contributed by atoms with Crippen LogP contribution >= 0.6 is 0 Å². The van der Waals surface area contributed by atoms with Crippen molar-refractivity contribution in [3.8, 4) is 0 Å². The lowest BCUT2D eigenvalue weighted by Gasteiger charge is -2.12. The third kappa shape index (κ3) is 12.2. The van der Waals surface area contributed by atoms with E-state index >= 15 is 0 Å². The zero-order valence-electron chi connectivity index (χ0n) is 20.6. The SMILES string of the molecule is C=NOC(=O)NCc1ccc(NC(=O)CCc2ccc(F)c(C(=O)N(C)C)c2)cc1.NCCOOC=O. The quantitative estimate of drug-likeness (QED) is 0.0958. The molecule has 0 aliphatic carbocycles. The lowest BCUT2D eigenvalue weighted by atomic mass is 10.0. The second kappa shape index (κ2) is 17.1. The van der Waals surface area contributed by atoms with Crippen molar-refractivity contribution in [1.29, 1.82) is 0 Å². The Morgan fingerprint density at radius 3 is 2.41 bits per heavy atom. The summed E-state index contributed by atoms with van der Waals surface area (Å²) >= 11 is 0. The first kappa shape index (κ1) is 30.7. The van der Waals surface area contributed by atoms with Crippen molar-refractivity contribution in [2.75, 3.05) is 32.6 Å². The summed E-state index contributed by atoms with van der Waals surface area (Å²) in [5, 5.41) is 8.27. The molecule has 0 radical (unpaired) electrons. The Hall–Kier alpha value is -4.36. The molecule has 0 unspecified atom stereocenters. The number of hydrogen-bond donors (Lipinski definition) is 3. The maximum atomic E-state index is 13.9. The minimum atomic E-state index is -0.710. The fourth-order valence-corrected chi connectivity index (χ4v) is 2.71. The highest BCUT2D eigenvalue weighted by Gasteiger charge is 2.14. The minimum Gasteiger partial charge on any atom is -0.345 e. The molecule has 0 atom stereocenters. The monoisotopic (exact) mass is 519 g/mol. The highest BCUT2D eigenvalue weighted by molar-refractivity contribution is 5.94. The lowest BCUT2D eigenvalue weighted by molar-refractivity contribution is -0.256. The molecule has 0 bridgehead atoms. The van der Waals surface area contributed by atoms with Crippen LogP contribution in [0.2, 0.25) is 0 Å². The zero-order chi connectivity index (χ0) is 27.6. The van der Waals surface area contributed by atoms with Crippen molar-refractivity contribution >= 4 is 36.8 Å². The Balaban J connectivity index is 0.000000856. The second-order valence-electron chi connectivity index (χ2n) is 7.42. The molecule has 12 nitrogen and oxygen atoms in total. The van der Waals surface area contributed by atoms with E-state index in [2.05, 4.69) is 37.1 Å². The van der Waals surface area contributed by atoms with Crippen molar-refractivity contribution in [3.63, 3.8) is 0 Å². The number of nitrogens with zero attached hydrogens (tertiary/aromatic N) is 2. The van der Waals surface area contributed by atoms with E-state index in [0.717, 1.165) is 5.56 Å². The maximum Gasteiger partial charge on any atom is 0.433 e. The van der Waals surface area contributed by atoms with Gasteiger partial charge in [0.05, 0.1) is 5.56 Å². The van der Waals surface area contributed by atoms with E-state index < -0.39 is 17.8 Å². The van der Waals surface area contributed by atoms with Gasteiger partial charge in [-0.15, -0.1) is 0 Å². The number of amides is 3. The lowest BCUT2D eigenvalue weighted by Crippen LogP contribution is -2.23. The Bertz CT molecular complexity index is 1050. The van der Waals surface area contributed by atoms with Gasteiger partial charge in [-0.2, -0.15) is 4.89 Å². The summed E-state index contributed by atoms with van der Waals surface area (Å²) in [6, 6.07) is 11.2. The number of hydrogen-bond acceptors (Lipinski definition) is 9. The molecule has 2 rings (SSSR count). The fourth-order valence-electron chi connectivity index (χ4n) is 2.71. The summed E-state index contributed by atoms with van der Waals surface area (Å²) in [5.74, 6) is -1.24. The summed E-state index contributed by atoms with van der Waals surface area (Å²) in [7, 11) is 3.10. The zero-order valence-corrected chi connectivity index (χ0v) is 20.6. The number of carbonyl (C=O) groups excluding carboxylic acids is 4. The Kier molecular flexibility index (Phi) is 14.2. The van der Waals surface area contributed by atoms with Gasteiger partial charge in [0.2, 0.25) is 5.91 Å². The number of carbonyl (C=O) groups is 4. The second-order valence-corrected chi connectivity index (χ2v) is 7.42. The molecule has 0 aromatic heterocycles. The maximum absolute atomic E-state index is 13.9. The summed E-state index contributed by atoms with van der Waals surface area (Å²) < 4.78 is 13.9. The molecule has 200 valence electrons. The van der Waals surface area contributed by atoms with Crippen LogP contribution in [0.5, 0.6) is 0 Å². The van der Waals surface area contributed by atoms with Crippen LogP contribution in [0, 0.1) is 5.82 Å². The van der Waals surface area contributed by atoms with E-state index in [1.54, 1.807) is 44.4 Å². The van der Waals surface area contributed by atoms with Crippen molar-refractivity contribution in [1.82, 2.24) is 10.2 Å². The normalized spacial score (nSPS) is 9.73. The summed E-state index contributed by atoms with van der Waals surface area (Å²) in [4.78, 5) is 58.2. The first-order valence-corrected chi connectivity index (χ1v) is 10.9. The van der Waals surface area contributed by atoms with Gasteiger partial charge in [0.15, 0.2) is 0 Å². The first-order chi connectivity index (χ1) is 17.7. The molecule has 0 saturated carbocycles. The highest BCUT2D eigenvalue weighted by Crippen LogP contribution is 2.15. The summed E-state index contributed by atoms with van der Waals surface area (Å²) in [6.45, 7) is 4.09. The van der Waals surface area contributed by atoms with E-state index in [4.69, 9.17) is 5.73 Å². The average molecular weight is 520 g/mol. The van der Waals surface area contributed by atoms with Crippen LogP contribution in [0.3, 0.4) is 0 Å². The predicted octanol–water partition coefficient (Wildman–Crippen LogP) is 1.99. The molecule has 13 heteroatoms. The molecule has 0 aliphatic heterocycles. The Morgan fingerprint density at radius 2 is 1.81 bits per heavy atom. The standard InChI is InChI=1S/C21H23FN4O4.C3H7NO3/c1-23-30-21(29)24-13-15-4-8-16(9-5-15)25-19(27)11-7-14-6-10-18(22)17(12-14)20(28)26(2)3;4-1-2-6-7-3-5/h4-6,8-10,12H,1,7,11,13H2,2-3H3,(H,24,29)(H,25,27);3H,1-2,4H2. The molecule has 0 fully saturated rings. The molecule has 0 aliphatic rings. The molecule has 2 aromatic carbocycles. The van der Waals surface area contributed by atoms with E-state index in [9.17, 15) is 23.6 Å². The number of benzene rings is 2. The fraction of sp³-hybridized carbons (Fsp3) is 0.292. The number of nitrogens with two attached hydrogens (primary N) is 1. The van der Waals surface area contributed by atoms with Crippen LogP contribution in [0.25, 0.3) is 0 Å². The molecule has 37 heavy (non-hydrogen) atoms. The van der Waals surface area contributed by atoms with Gasteiger partial charge < -0.3 is 26.2 Å². The Morgan fingerprint density at radius 1 is 1.14 bits per heavy atom. The number of halogens is 1. The van der Waals surface area contributed by atoms with E-state index in [0.29, 0.717) is 24.2 Å². The molecule has 0 spiro atoms. The molecule has 3 amide bonds. The summed E-state index contributed by atoms with van der Waals surface area (Å²) in [5.41, 5.74) is 7.03. The van der Waals surface area contributed by atoms with Crippen LogP contribution in [-0.2, 0) is 37.2 Å². The van der Waals surface area contributed by atoms with Gasteiger partial charge in [-0.25, -0.2) is 9.18 Å². The first-order valence-electron chi connectivity index (χ1n) is 10.9. The van der Waals surface area contributed by atoms with Gasteiger partial charge >= 0.3 is 12.6 Å². The van der Waals surface area contributed by atoms with Gasteiger partial charge in [0, 0.05) is 46.0 Å². The summed E-state index contributed by atoms with van der Waals surface area (Å²) in [6.07, 6.45) is -0.176. The van der Waals surface area contributed by atoms with E-state index in [1.165, 1.54) is 17.0 Å². The van der Waals surface area contributed by atoms with Crippen molar-refractivity contribution in [3.05, 3.63) is 65.0 Å². The largest absolute Gasteiger partial charge is 0.433 e. The van der Waals surface area contributed by atoms with Crippen molar-refractivity contribution in [2.45, 2.75) is 19.4 Å². The van der Waals surface area contributed by atoms with Crippen LogP contribution in [-0.4, -0.2) is 63.2 Å². The molecular weight excluding hydrogens is 489 g/mol. The number of aryl methyl sites for hydroxylation is 1. The van der Waals surface area contributed by atoms with E-state index in [1.807, 2.05) is 0 Å². The van der Waals surface area contributed by atoms with Gasteiger partial charge in [0.1, 0.15) is 12.4 Å². The van der Waals surface area contributed by atoms with Gasteiger partial charge in [-0.1, -0.05) is 23.4 Å². The third-order valence-corrected chi connectivity index (χ3v) is 4.44. The van der Waals surface area contributed by atoms with Crippen molar-refractivity contribution < 1.29 is 38.2 Å². The highest BCUT2D eigenvalue weighted by atomic mass is 19.1. The third-order valence-electron chi connectivity index (χ3n) is 4.44. The van der Waals surface area contributed by atoms with Crippen LogP contribution in [0.15, 0.2) is 47.6 Å². The van der Waals surface area contributed by atoms with E-state index in [-0.39, 0.29) is 37.5 Å². The van der Waals surface area contributed by atoms with Gasteiger partial charge in [0.25, 0.3) is 5.91 Å². The number of nitrogens with one attached hydrogen (secondary N) is 2. The Labute approximate surface area is 213 Å². The average Bonchev–Trinajstić information content (AvgIpc) is 2.88. The van der Waals surface area contributed by atoms with Crippen LogP contribution in [0.4, 0.5) is 14.9 Å². The number of anilines is 1. The molecular formula is C24H30FN5O7. The molecule has 0 heterocycles. The molecule has 4 N–H and O–H groups in total. The van der Waals surface area contributed by atoms with Gasteiger partial charge in [-0.05, 0) is 41.8 Å². The topological polar surface area (TPSA) is 162 Å². The minimum absolute atomic E-state index is 0.0186. The number of rotatable bonds is 12. The van der Waals surface area contributed by atoms with Crippen LogP contribution in [0.1, 0.15) is 27.9 Å². The van der Waals surface area contributed by atoms with Crippen LogP contribution < -0.4 is 16.4 Å². The molecule has 2 aromatic rings. The van der Waals surface area contributed by atoms with Crippen molar-refractivity contribution in [2.24, 2.45) is 10.9 Å².